The topological polar surface area (TPSA) is 23.8 Å². The lowest BCUT2D eigenvalue weighted by molar-refractivity contribution is 1.24. The summed E-state index contributed by atoms with van der Waals surface area (Å²) in [5.74, 6) is 0. The van der Waals surface area contributed by atoms with Crippen LogP contribution in [0.5, 0.6) is 0 Å². The molecule has 2 aromatic carbocycles. The highest BCUT2D eigenvalue weighted by Gasteiger charge is 1.97. The third-order valence-corrected chi connectivity index (χ3v) is 3.20. The van der Waals surface area contributed by atoms with Crippen LogP contribution >= 0.6 is 11.8 Å². The predicted octanol–water partition coefficient (Wildman–Crippen LogP) is 4.93. The number of rotatable bonds is 3. The van der Waals surface area contributed by atoms with Crippen LogP contribution in [0, 0.1) is 11.3 Å². The molecule has 0 bridgehead atoms. The maximum Gasteiger partial charge on any atom is 0.0669 e. The second-order valence-electron chi connectivity index (χ2n) is 3.39. The van der Waals surface area contributed by atoms with Crippen molar-refractivity contribution in [3.63, 3.8) is 0 Å². The molecule has 18 heavy (non-hydrogen) atoms. The summed E-state index contributed by atoms with van der Waals surface area (Å²) < 4.78 is 0. The van der Waals surface area contributed by atoms with Crippen molar-refractivity contribution in [3.8, 4) is 6.07 Å². The molecule has 0 aliphatic heterocycles. The molecule has 0 N–H and O–H groups in total. The van der Waals surface area contributed by atoms with Crippen LogP contribution in [0.4, 0.5) is 0 Å². The molecule has 0 saturated heterocycles. The Hall–Kier alpha value is -1.72. The van der Waals surface area contributed by atoms with Crippen molar-refractivity contribution in [1.29, 1.82) is 5.26 Å². The second kappa shape index (κ2) is 8.38. The summed E-state index contributed by atoms with van der Waals surface area (Å²) in [6.45, 7) is 4.00. The van der Waals surface area contributed by atoms with Crippen LogP contribution in [0.2, 0.25) is 0 Å². The maximum atomic E-state index is 8.57. The minimum atomic E-state index is 0.482. The second-order valence-corrected chi connectivity index (χ2v) is 4.54. The van der Waals surface area contributed by atoms with E-state index in [0.29, 0.717) is 6.42 Å². The number of benzene rings is 2. The summed E-state index contributed by atoms with van der Waals surface area (Å²) in [5, 5.41) is 8.57. The Bertz CT molecular complexity index is 483. The van der Waals surface area contributed by atoms with Crippen LogP contribution in [0.15, 0.2) is 64.4 Å². The van der Waals surface area contributed by atoms with E-state index in [1.165, 1.54) is 9.79 Å². The van der Waals surface area contributed by atoms with Gasteiger partial charge in [0, 0.05) is 9.79 Å². The van der Waals surface area contributed by atoms with Crippen LogP contribution < -0.4 is 0 Å². The first-order valence-corrected chi connectivity index (χ1v) is 6.89. The first-order valence-electron chi connectivity index (χ1n) is 6.07. The molecule has 0 radical (unpaired) electrons. The number of hydrogen-bond donors (Lipinski definition) is 0. The molecule has 0 amide bonds. The van der Waals surface area contributed by atoms with Crippen LogP contribution in [-0.2, 0) is 6.42 Å². The first-order chi connectivity index (χ1) is 8.88. The molecule has 0 aromatic heterocycles. The van der Waals surface area contributed by atoms with Gasteiger partial charge in [0.1, 0.15) is 0 Å². The Morgan fingerprint density at radius 2 is 1.44 bits per heavy atom. The van der Waals surface area contributed by atoms with E-state index in [-0.39, 0.29) is 0 Å². The predicted molar refractivity (Wildman–Crippen MR) is 77.7 cm³/mol. The van der Waals surface area contributed by atoms with Gasteiger partial charge in [-0.15, -0.1) is 0 Å². The van der Waals surface area contributed by atoms with E-state index in [4.69, 9.17) is 5.26 Å². The van der Waals surface area contributed by atoms with Crippen LogP contribution in [0.1, 0.15) is 19.4 Å². The highest BCUT2D eigenvalue weighted by Crippen LogP contribution is 2.27. The van der Waals surface area contributed by atoms with Crippen molar-refractivity contribution in [3.05, 3.63) is 60.2 Å². The van der Waals surface area contributed by atoms with Crippen LogP contribution in [-0.4, -0.2) is 0 Å². The van der Waals surface area contributed by atoms with Crippen molar-refractivity contribution in [2.24, 2.45) is 0 Å². The Kier molecular flexibility index (Phi) is 6.68. The van der Waals surface area contributed by atoms with Crippen molar-refractivity contribution >= 4 is 11.8 Å². The van der Waals surface area contributed by atoms with Gasteiger partial charge in [-0.05, 0) is 29.8 Å². The van der Waals surface area contributed by atoms with Gasteiger partial charge in [0.25, 0.3) is 0 Å². The van der Waals surface area contributed by atoms with E-state index < -0.39 is 0 Å². The Morgan fingerprint density at radius 3 is 2.00 bits per heavy atom. The zero-order valence-electron chi connectivity index (χ0n) is 10.8. The largest absolute Gasteiger partial charge is 0.198 e. The van der Waals surface area contributed by atoms with Gasteiger partial charge in [-0.3, -0.25) is 0 Å². The standard InChI is InChI=1S/C14H11NS.C2H6/c15-11-10-12-6-8-14(9-7-12)16-13-4-2-1-3-5-13;1-2/h1-9H,10H2;1-2H3. The van der Waals surface area contributed by atoms with Crippen molar-refractivity contribution in [1.82, 2.24) is 0 Å². The lowest BCUT2D eigenvalue weighted by atomic mass is 10.2. The van der Waals surface area contributed by atoms with E-state index >= 15 is 0 Å². The average Bonchev–Trinajstić information content (AvgIpc) is 2.45. The number of hydrogen-bond acceptors (Lipinski definition) is 2. The lowest BCUT2D eigenvalue weighted by Crippen LogP contribution is -1.80. The summed E-state index contributed by atoms with van der Waals surface area (Å²) in [6, 6.07) is 20.5. The van der Waals surface area contributed by atoms with E-state index in [0.717, 1.165) is 5.56 Å². The minimum Gasteiger partial charge on any atom is -0.198 e. The van der Waals surface area contributed by atoms with Gasteiger partial charge in [0.15, 0.2) is 0 Å². The smallest absolute Gasteiger partial charge is 0.0669 e. The summed E-state index contributed by atoms with van der Waals surface area (Å²) in [7, 11) is 0. The van der Waals surface area contributed by atoms with E-state index in [2.05, 4.69) is 30.3 Å². The molecule has 0 unspecified atom stereocenters. The van der Waals surface area contributed by atoms with Crippen LogP contribution in [0.25, 0.3) is 0 Å². The fourth-order valence-electron chi connectivity index (χ4n) is 1.39. The fourth-order valence-corrected chi connectivity index (χ4v) is 2.23. The molecule has 2 aromatic rings. The molecule has 0 spiro atoms. The zero-order chi connectivity index (χ0) is 13.2. The highest BCUT2D eigenvalue weighted by atomic mass is 32.2. The SMILES string of the molecule is CC.N#CCc1ccc(Sc2ccccc2)cc1. The molecule has 92 valence electrons. The molecular weight excluding hydrogens is 238 g/mol. The molecular formula is C16H17NS. The molecule has 0 saturated carbocycles. The van der Waals surface area contributed by atoms with Gasteiger partial charge in [-0.1, -0.05) is 55.9 Å². The van der Waals surface area contributed by atoms with Crippen molar-refractivity contribution < 1.29 is 0 Å². The monoisotopic (exact) mass is 255 g/mol. The molecule has 0 atom stereocenters. The quantitative estimate of drug-likeness (QED) is 0.776. The molecule has 2 rings (SSSR count). The maximum absolute atomic E-state index is 8.57. The Balaban J connectivity index is 0.000000771. The first kappa shape index (κ1) is 14.3. The average molecular weight is 255 g/mol. The molecule has 0 aliphatic rings. The van der Waals surface area contributed by atoms with E-state index in [9.17, 15) is 0 Å². The van der Waals surface area contributed by atoms with Gasteiger partial charge in [-0.2, -0.15) is 5.26 Å². The van der Waals surface area contributed by atoms with Crippen molar-refractivity contribution in [2.75, 3.05) is 0 Å². The van der Waals surface area contributed by atoms with Crippen LogP contribution in [0.3, 0.4) is 0 Å². The molecule has 1 nitrogen and oxygen atoms in total. The normalized spacial score (nSPS) is 8.94. The molecule has 0 fully saturated rings. The van der Waals surface area contributed by atoms with Gasteiger partial charge in [0.2, 0.25) is 0 Å². The van der Waals surface area contributed by atoms with Gasteiger partial charge >= 0.3 is 0 Å². The molecule has 0 heterocycles. The lowest BCUT2D eigenvalue weighted by Gasteiger charge is -2.01. The molecule has 0 aliphatic carbocycles. The number of nitrogens with zero attached hydrogens (tertiary/aromatic N) is 1. The third-order valence-electron chi connectivity index (χ3n) is 2.19. The minimum absolute atomic E-state index is 0.482. The summed E-state index contributed by atoms with van der Waals surface area (Å²) >= 11 is 1.73. The fraction of sp³-hybridized carbons (Fsp3) is 0.188. The summed E-state index contributed by atoms with van der Waals surface area (Å²) in [5.41, 5.74) is 1.07. The molecule has 2 heteroatoms. The zero-order valence-corrected chi connectivity index (χ0v) is 11.6. The van der Waals surface area contributed by atoms with Gasteiger partial charge in [-0.25, -0.2) is 0 Å². The van der Waals surface area contributed by atoms with E-state index in [1.54, 1.807) is 11.8 Å². The number of nitriles is 1. The highest BCUT2D eigenvalue weighted by molar-refractivity contribution is 7.99. The third kappa shape index (κ3) is 4.65. The van der Waals surface area contributed by atoms with Gasteiger partial charge in [0.05, 0.1) is 12.5 Å². The summed E-state index contributed by atoms with van der Waals surface area (Å²) in [4.78, 5) is 2.43. The van der Waals surface area contributed by atoms with Crippen molar-refractivity contribution in [2.45, 2.75) is 30.1 Å². The summed E-state index contributed by atoms with van der Waals surface area (Å²) in [6.07, 6.45) is 0.482. The Labute approximate surface area is 113 Å². The Morgan fingerprint density at radius 1 is 0.889 bits per heavy atom. The van der Waals surface area contributed by atoms with E-state index in [1.807, 2.05) is 44.2 Å². The van der Waals surface area contributed by atoms with Gasteiger partial charge < -0.3 is 0 Å².